The summed E-state index contributed by atoms with van der Waals surface area (Å²) in [4.78, 5) is 32.2. The number of Topliss-reactive ketones (excluding diaryl/α,β-unsaturated/α-hetero) is 1. The third kappa shape index (κ3) is 6.39. The summed E-state index contributed by atoms with van der Waals surface area (Å²) < 4.78 is 14.8. The van der Waals surface area contributed by atoms with Crippen molar-refractivity contribution in [2.45, 2.75) is 45.4 Å². The predicted molar refractivity (Wildman–Crippen MR) is 125 cm³/mol. The first-order valence-corrected chi connectivity index (χ1v) is 11.1. The number of hydrogen-bond acceptors (Lipinski definition) is 4. The monoisotopic (exact) mass is 469 g/mol. The number of carboxylic acids is 1. The third-order valence-electron chi connectivity index (χ3n) is 5.38. The Morgan fingerprint density at radius 1 is 1.21 bits per heavy atom. The number of pyridine rings is 2. The fourth-order valence-corrected chi connectivity index (χ4v) is 4.01. The lowest BCUT2D eigenvalue weighted by atomic mass is 9.94. The van der Waals surface area contributed by atoms with Crippen LogP contribution in [-0.2, 0) is 18.3 Å². The summed E-state index contributed by atoms with van der Waals surface area (Å²) in [6.45, 7) is 1.76. The molecule has 1 unspecified atom stereocenters. The van der Waals surface area contributed by atoms with Crippen LogP contribution in [0.4, 0.5) is 4.39 Å². The van der Waals surface area contributed by atoms with Gasteiger partial charge in [-0.05, 0) is 43.4 Å². The van der Waals surface area contributed by atoms with Crippen molar-refractivity contribution < 1.29 is 19.1 Å². The lowest BCUT2D eigenvalue weighted by Crippen LogP contribution is -2.12. The van der Waals surface area contributed by atoms with Crippen molar-refractivity contribution in [1.82, 2.24) is 14.5 Å². The first-order valence-electron chi connectivity index (χ1n) is 10.7. The highest BCUT2D eigenvalue weighted by molar-refractivity contribution is 6.31. The molecule has 33 heavy (non-hydrogen) atoms. The minimum Gasteiger partial charge on any atom is -0.481 e. The molecule has 0 aliphatic carbocycles. The van der Waals surface area contributed by atoms with Gasteiger partial charge in [-0.15, -0.1) is 0 Å². The number of fused-ring (bicyclic) bond motifs is 1. The highest BCUT2D eigenvalue weighted by atomic mass is 35.5. The van der Waals surface area contributed by atoms with E-state index >= 15 is 0 Å². The van der Waals surface area contributed by atoms with Gasteiger partial charge in [0, 0.05) is 60.9 Å². The number of aromatic nitrogens is 3. The van der Waals surface area contributed by atoms with Crippen LogP contribution in [0.2, 0.25) is 5.02 Å². The maximum absolute atomic E-state index is 13.2. The number of carbonyl (C=O) groups is 2. The summed E-state index contributed by atoms with van der Waals surface area (Å²) in [6, 6.07) is 4.61. The fraction of sp³-hybridized carbons (Fsp3) is 0.360. The molecule has 0 spiro atoms. The molecule has 3 aromatic rings. The van der Waals surface area contributed by atoms with Gasteiger partial charge in [0.25, 0.3) is 0 Å². The van der Waals surface area contributed by atoms with Gasteiger partial charge in [0.1, 0.15) is 5.65 Å². The summed E-state index contributed by atoms with van der Waals surface area (Å²) in [5.74, 6) is 4.20. The highest BCUT2D eigenvalue weighted by Gasteiger charge is 2.24. The van der Waals surface area contributed by atoms with E-state index in [-0.39, 0.29) is 24.5 Å². The maximum atomic E-state index is 13.2. The molecular weight excluding hydrogens is 445 g/mol. The van der Waals surface area contributed by atoms with E-state index in [4.69, 9.17) is 16.7 Å². The van der Waals surface area contributed by atoms with Crippen LogP contribution < -0.4 is 0 Å². The van der Waals surface area contributed by atoms with Crippen LogP contribution in [0.3, 0.4) is 0 Å². The molecule has 3 aromatic heterocycles. The topological polar surface area (TPSA) is 85.1 Å². The Kier molecular flexibility index (Phi) is 8.18. The molecule has 172 valence electrons. The molecule has 0 aromatic carbocycles. The van der Waals surface area contributed by atoms with E-state index in [2.05, 4.69) is 21.8 Å². The molecule has 0 radical (unpaired) electrons. The molecule has 1 N–H and O–H groups in total. The number of nitrogens with zero attached hydrogens (tertiary/aromatic N) is 3. The predicted octanol–water partition coefficient (Wildman–Crippen LogP) is 5.21. The van der Waals surface area contributed by atoms with Crippen LogP contribution in [0, 0.1) is 23.7 Å². The summed E-state index contributed by atoms with van der Waals surface area (Å²) in [6.07, 6.45) is 5.96. The molecular formula is C25H25ClFN3O3. The van der Waals surface area contributed by atoms with Crippen molar-refractivity contribution in [3.05, 3.63) is 58.4 Å². The summed E-state index contributed by atoms with van der Waals surface area (Å²) >= 11 is 6.15. The van der Waals surface area contributed by atoms with Crippen molar-refractivity contribution in [3.63, 3.8) is 0 Å². The lowest BCUT2D eigenvalue weighted by Gasteiger charge is -2.10. The molecule has 3 rings (SSSR count). The number of aryl methyl sites for hydroxylation is 1. The number of rotatable bonds is 9. The molecule has 1 atom stereocenters. The zero-order chi connectivity index (χ0) is 24.0. The second-order valence-electron chi connectivity index (χ2n) is 8.11. The largest absolute Gasteiger partial charge is 0.481 e. The van der Waals surface area contributed by atoms with Gasteiger partial charge in [0.05, 0.1) is 5.02 Å². The molecule has 8 heteroatoms. The Morgan fingerprint density at radius 2 is 2.00 bits per heavy atom. The number of carbonyl (C=O) groups excluding carboxylic acids is 1. The summed E-state index contributed by atoms with van der Waals surface area (Å²) in [5.41, 5.74) is 2.77. The fourth-order valence-electron chi connectivity index (χ4n) is 3.85. The Morgan fingerprint density at radius 3 is 2.70 bits per heavy atom. The first-order chi connectivity index (χ1) is 15.8. The van der Waals surface area contributed by atoms with Crippen LogP contribution in [0.25, 0.3) is 11.0 Å². The van der Waals surface area contributed by atoms with Crippen LogP contribution in [-0.4, -0.2) is 31.4 Å². The van der Waals surface area contributed by atoms with E-state index in [1.54, 1.807) is 25.3 Å². The van der Waals surface area contributed by atoms with E-state index in [1.807, 2.05) is 11.6 Å². The molecule has 0 aliphatic rings. The number of hydrogen-bond donors (Lipinski definition) is 1. The minimum absolute atomic E-state index is 0.0624. The Hall–Kier alpha value is -3.24. The van der Waals surface area contributed by atoms with Gasteiger partial charge in [0.2, 0.25) is 5.95 Å². The average molecular weight is 470 g/mol. The number of ketones is 1. The number of halogens is 2. The van der Waals surface area contributed by atoms with Crippen molar-refractivity contribution in [1.29, 1.82) is 0 Å². The number of aliphatic carboxylic acids is 1. The Balaban J connectivity index is 1.74. The third-order valence-corrected chi connectivity index (χ3v) is 5.58. The standard InChI is InChI=1S/C25H25ClFN3O3/c1-16(12-23(32)33)11-21(31)24-19-13-18(26)15-29-25(19)30(2)20(24)8-6-4-3-5-7-17-9-10-22(27)28-14-17/h9-10,13-16H,3-4,6,8,11-12H2,1-2H3,(H,32,33). The molecule has 0 saturated carbocycles. The van der Waals surface area contributed by atoms with E-state index in [0.717, 1.165) is 18.5 Å². The highest BCUT2D eigenvalue weighted by Crippen LogP contribution is 2.30. The van der Waals surface area contributed by atoms with Crippen molar-refractivity contribution >= 4 is 34.4 Å². The molecule has 0 fully saturated rings. The Labute approximate surface area is 196 Å². The first kappa shape index (κ1) is 24.4. The second-order valence-corrected chi connectivity index (χ2v) is 8.55. The number of carboxylic acid groups (broad SMARTS) is 1. The van der Waals surface area contributed by atoms with Crippen LogP contribution >= 0.6 is 11.6 Å². The van der Waals surface area contributed by atoms with Gasteiger partial charge in [-0.3, -0.25) is 9.59 Å². The number of unbranched alkanes of at least 4 members (excludes halogenated alkanes) is 2. The quantitative estimate of drug-likeness (QED) is 0.201. The van der Waals surface area contributed by atoms with Gasteiger partial charge in [0.15, 0.2) is 5.78 Å². The minimum atomic E-state index is -0.921. The summed E-state index contributed by atoms with van der Waals surface area (Å²) in [7, 11) is 1.87. The SMILES string of the molecule is CC(CC(=O)O)CC(=O)c1c(CCCCC#Cc2ccc(F)nc2)n(C)c2ncc(Cl)cc12. The molecule has 0 aliphatic heterocycles. The van der Waals surface area contributed by atoms with E-state index in [0.29, 0.717) is 40.0 Å². The van der Waals surface area contributed by atoms with E-state index in [9.17, 15) is 14.0 Å². The molecule has 0 saturated heterocycles. The summed E-state index contributed by atoms with van der Waals surface area (Å²) in [5, 5.41) is 10.2. The van der Waals surface area contributed by atoms with Gasteiger partial charge >= 0.3 is 5.97 Å². The van der Waals surface area contributed by atoms with Crippen LogP contribution in [0.5, 0.6) is 0 Å². The van der Waals surface area contributed by atoms with E-state index in [1.165, 1.54) is 12.3 Å². The smallest absolute Gasteiger partial charge is 0.303 e. The zero-order valence-electron chi connectivity index (χ0n) is 18.6. The normalized spacial score (nSPS) is 11.8. The average Bonchev–Trinajstić information content (AvgIpc) is 3.02. The Bertz CT molecular complexity index is 1230. The van der Waals surface area contributed by atoms with Crippen LogP contribution in [0.15, 0.2) is 30.6 Å². The maximum Gasteiger partial charge on any atom is 0.303 e. The lowest BCUT2D eigenvalue weighted by molar-refractivity contribution is -0.137. The van der Waals surface area contributed by atoms with Gasteiger partial charge in [-0.2, -0.15) is 4.39 Å². The zero-order valence-corrected chi connectivity index (χ0v) is 19.3. The van der Waals surface area contributed by atoms with E-state index < -0.39 is 11.9 Å². The molecule has 0 amide bonds. The van der Waals surface area contributed by atoms with Gasteiger partial charge < -0.3 is 9.67 Å². The second kappa shape index (κ2) is 11.1. The van der Waals surface area contributed by atoms with Crippen LogP contribution in [0.1, 0.15) is 60.6 Å². The van der Waals surface area contributed by atoms with Gasteiger partial charge in [-0.25, -0.2) is 9.97 Å². The van der Waals surface area contributed by atoms with Gasteiger partial charge in [-0.1, -0.05) is 30.4 Å². The van der Waals surface area contributed by atoms with Crippen molar-refractivity contribution in [2.75, 3.05) is 0 Å². The molecule has 0 bridgehead atoms. The molecule has 3 heterocycles. The van der Waals surface area contributed by atoms with Crippen molar-refractivity contribution in [2.24, 2.45) is 13.0 Å². The molecule has 6 nitrogen and oxygen atoms in total. The van der Waals surface area contributed by atoms with Crippen molar-refractivity contribution in [3.8, 4) is 11.8 Å².